The van der Waals surface area contributed by atoms with Gasteiger partial charge in [-0.2, -0.15) is 0 Å². The Hall–Kier alpha value is -2.04. The van der Waals surface area contributed by atoms with E-state index in [4.69, 9.17) is 23.2 Å². The molecule has 0 aromatic heterocycles. The van der Waals surface area contributed by atoms with Gasteiger partial charge in [0, 0.05) is 5.69 Å². The summed E-state index contributed by atoms with van der Waals surface area (Å²) in [5.41, 5.74) is 2.56. The van der Waals surface area contributed by atoms with Gasteiger partial charge in [-0.3, -0.25) is 14.6 Å². The SMILES string of the molecule is Cc1ccc(N2C(=O)N(Cc3ccc(Cl)c(Cl)c3)C(=O)[C@H]2C)cc1. The minimum Gasteiger partial charge on any atom is -0.282 e. The summed E-state index contributed by atoms with van der Waals surface area (Å²) in [5, 5.41) is 0.839. The zero-order valence-corrected chi connectivity index (χ0v) is 14.8. The first kappa shape index (κ1) is 16.8. The zero-order chi connectivity index (χ0) is 17.4. The molecule has 0 radical (unpaired) electrons. The molecule has 2 aromatic rings. The van der Waals surface area contributed by atoms with Gasteiger partial charge in [0.2, 0.25) is 0 Å². The van der Waals surface area contributed by atoms with E-state index in [-0.39, 0.29) is 18.5 Å². The molecule has 1 saturated heterocycles. The van der Waals surface area contributed by atoms with Crippen LogP contribution in [0.5, 0.6) is 0 Å². The molecule has 1 atom stereocenters. The Morgan fingerprint density at radius 1 is 1.00 bits per heavy atom. The van der Waals surface area contributed by atoms with Crippen LogP contribution in [0.2, 0.25) is 10.0 Å². The summed E-state index contributed by atoms with van der Waals surface area (Å²) in [4.78, 5) is 28.0. The average Bonchev–Trinajstić information content (AvgIpc) is 2.76. The number of benzene rings is 2. The number of nitrogens with zero attached hydrogens (tertiary/aromatic N) is 2. The van der Waals surface area contributed by atoms with Crippen molar-refractivity contribution >= 4 is 40.8 Å². The minimum absolute atomic E-state index is 0.168. The average molecular weight is 363 g/mol. The lowest BCUT2D eigenvalue weighted by Gasteiger charge is -2.19. The van der Waals surface area contributed by atoms with Crippen LogP contribution >= 0.6 is 23.2 Å². The highest BCUT2D eigenvalue weighted by molar-refractivity contribution is 6.42. The van der Waals surface area contributed by atoms with Gasteiger partial charge in [0.25, 0.3) is 5.91 Å². The molecule has 1 fully saturated rings. The number of urea groups is 1. The lowest BCUT2D eigenvalue weighted by Crippen LogP contribution is -2.33. The van der Waals surface area contributed by atoms with Crippen molar-refractivity contribution in [2.45, 2.75) is 26.4 Å². The van der Waals surface area contributed by atoms with E-state index in [0.29, 0.717) is 15.7 Å². The summed E-state index contributed by atoms with van der Waals surface area (Å²) < 4.78 is 0. The van der Waals surface area contributed by atoms with Crippen molar-refractivity contribution in [2.24, 2.45) is 0 Å². The Kier molecular flexibility index (Phi) is 4.52. The molecule has 2 aromatic carbocycles. The summed E-state index contributed by atoms with van der Waals surface area (Å²) in [6, 6.07) is 11.7. The molecule has 0 N–H and O–H groups in total. The number of imide groups is 1. The van der Waals surface area contributed by atoms with Crippen LogP contribution in [-0.4, -0.2) is 22.9 Å². The van der Waals surface area contributed by atoms with E-state index in [0.717, 1.165) is 11.1 Å². The first-order valence-corrected chi connectivity index (χ1v) is 8.29. The number of hydrogen-bond acceptors (Lipinski definition) is 2. The molecule has 3 amide bonds. The zero-order valence-electron chi connectivity index (χ0n) is 13.3. The smallest absolute Gasteiger partial charge is 0.282 e. The van der Waals surface area contributed by atoms with Gasteiger partial charge in [-0.15, -0.1) is 0 Å². The van der Waals surface area contributed by atoms with Gasteiger partial charge in [-0.05, 0) is 43.7 Å². The highest BCUT2D eigenvalue weighted by atomic mass is 35.5. The second kappa shape index (κ2) is 6.46. The van der Waals surface area contributed by atoms with Gasteiger partial charge >= 0.3 is 6.03 Å². The highest BCUT2D eigenvalue weighted by Crippen LogP contribution is 2.28. The fraction of sp³-hybridized carbons (Fsp3) is 0.222. The molecule has 1 heterocycles. The van der Waals surface area contributed by atoms with Crippen molar-refractivity contribution in [3.05, 3.63) is 63.6 Å². The van der Waals surface area contributed by atoms with Crippen molar-refractivity contribution < 1.29 is 9.59 Å². The molecule has 0 spiro atoms. The fourth-order valence-corrected chi connectivity index (χ4v) is 3.05. The first-order chi connectivity index (χ1) is 11.4. The van der Waals surface area contributed by atoms with Crippen molar-refractivity contribution in [1.29, 1.82) is 0 Å². The van der Waals surface area contributed by atoms with Crippen LogP contribution in [0.3, 0.4) is 0 Å². The number of anilines is 1. The van der Waals surface area contributed by atoms with Crippen molar-refractivity contribution in [3.63, 3.8) is 0 Å². The molecule has 24 heavy (non-hydrogen) atoms. The third-order valence-electron chi connectivity index (χ3n) is 4.08. The van der Waals surface area contributed by atoms with Crippen LogP contribution in [0, 0.1) is 6.92 Å². The third-order valence-corrected chi connectivity index (χ3v) is 4.82. The Morgan fingerprint density at radius 2 is 1.67 bits per heavy atom. The van der Waals surface area contributed by atoms with Gasteiger partial charge < -0.3 is 0 Å². The van der Waals surface area contributed by atoms with Gasteiger partial charge in [0.15, 0.2) is 0 Å². The molecule has 1 aliphatic rings. The van der Waals surface area contributed by atoms with E-state index in [2.05, 4.69) is 0 Å². The first-order valence-electron chi connectivity index (χ1n) is 7.53. The Balaban J connectivity index is 1.87. The molecule has 1 aliphatic heterocycles. The molecule has 0 aliphatic carbocycles. The van der Waals surface area contributed by atoms with Crippen LogP contribution in [0.25, 0.3) is 0 Å². The monoisotopic (exact) mass is 362 g/mol. The van der Waals surface area contributed by atoms with E-state index >= 15 is 0 Å². The normalized spacial score (nSPS) is 17.8. The topological polar surface area (TPSA) is 40.6 Å². The van der Waals surface area contributed by atoms with Crippen LogP contribution < -0.4 is 4.90 Å². The molecule has 0 bridgehead atoms. The number of amides is 3. The molecular formula is C18H16Cl2N2O2. The second-order valence-corrected chi connectivity index (χ2v) is 6.65. The number of aryl methyl sites for hydroxylation is 1. The molecule has 124 valence electrons. The third kappa shape index (κ3) is 2.99. The van der Waals surface area contributed by atoms with E-state index in [9.17, 15) is 9.59 Å². The second-order valence-electron chi connectivity index (χ2n) is 5.84. The number of carbonyl (C=O) groups excluding carboxylic acids is 2. The maximum Gasteiger partial charge on any atom is 0.332 e. The summed E-state index contributed by atoms with van der Waals surface area (Å²) in [7, 11) is 0. The minimum atomic E-state index is -0.539. The van der Waals surface area contributed by atoms with E-state index < -0.39 is 6.04 Å². The van der Waals surface area contributed by atoms with Crippen LogP contribution in [0.1, 0.15) is 18.1 Å². The van der Waals surface area contributed by atoms with Crippen LogP contribution in [-0.2, 0) is 11.3 Å². The maximum atomic E-state index is 12.7. The predicted octanol–water partition coefficient (Wildman–Crippen LogP) is 4.66. The molecule has 0 saturated carbocycles. The Labute approximate surface area is 150 Å². The lowest BCUT2D eigenvalue weighted by molar-refractivity contribution is -0.127. The number of halogens is 2. The quantitative estimate of drug-likeness (QED) is 0.745. The van der Waals surface area contributed by atoms with Crippen LogP contribution in [0.4, 0.5) is 10.5 Å². The number of rotatable bonds is 3. The standard InChI is InChI=1S/C18H16Cl2N2O2/c1-11-3-6-14(7-4-11)22-12(2)17(23)21(18(22)24)10-13-5-8-15(19)16(20)9-13/h3-9,12H,10H2,1-2H3/t12-/m1/s1. The summed E-state index contributed by atoms with van der Waals surface area (Å²) in [6.07, 6.45) is 0. The van der Waals surface area contributed by atoms with Crippen molar-refractivity contribution in [2.75, 3.05) is 4.90 Å². The highest BCUT2D eigenvalue weighted by Gasteiger charge is 2.43. The molecule has 3 rings (SSSR count). The van der Waals surface area contributed by atoms with Gasteiger partial charge in [-0.1, -0.05) is 47.0 Å². The maximum absolute atomic E-state index is 12.7. The number of carbonyl (C=O) groups is 2. The predicted molar refractivity (Wildman–Crippen MR) is 95.5 cm³/mol. The Bertz CT molecular complexity index is 805. The Morgan fingerprint density at radius 3 is 2.29 bits per heavy atom. The summed E-state index contributed by atoms with van der Waals surface area (Å²) >= 11 is 11.9. The van der Waals surface area contributed by atoms with E-state index in [1.165, 1.54) is 9.80 Å². The van der Waals surface area contributed by atoms with Crippen molar-refractivity contribution in [3.8, 4) is 0 Å². The molecule has 6 heteroatoms. The van der Waals surface area contributed by atoms with Crippen molar-refractivity contribution in [1.82, 2.24) is 4.90 Å². The molecule has 0 unspecified atom stereocenters. The molecular weight excluding hydrogens is 347 g/mol. The summed E-state index contributed by atoms with van der Waals surface area (Å²) in [5.74, 6) is -0.230. The molecule has 4 nitrogen and oxygen atoms in total. The largest absolute Gasteiger partial charge is 0.332 e. The van der Waals surface area contributed by atoms with Gasteiger partial charge in [0.05, 0.1) is 16.6 Å². The fourth-order valence-electron chi connectivity index (χ4n) is 2.73. The van der Waals surface area contributed by atoms with Gasteiger partial charge in [-0.25, -0.2) is 4.79 Å². The van der Waals surface area contributed by atoms with E-state index in [1.54, 1.807) is 25.1 Å². The number of hydrogen-bond donors (Lipinski definition) is 0. The summed E-state index contributed by atoms with van der Waals surface area (Å²) in [6.45, 7) is 3.87. The van der Waals surface area contributed by atoms with E-state index in [1.807, 2.05) is 31.2 Å². The van der Waals surface area contributed by atoms with Gasteiger partial charge in [0.1, 0.15) is 6.04 Å². The lowest BCUT2D eigenvalue weighted by atomic mass is 10.2. The van der Waals surface area contributed by atoms with Crippen LogP contribution in [0.15, 0.2) is 42.5 Å².